The van der Waals surface area contributed by atoms with Gasteiger partial charge in [-0.25, -0.2) is 9.90 Å². The van der Waals surface area contributed by atoms with Crippen LogP contribution in [0, 0.1) is 0 Å². The van der Waals surface area contributed by atoms with E-state index in [-0.39, 0.29) is 0 Å². The lowest BCUT2D eigenvalue weighted by atomic mass is 10.6. The Bertz CT molecular complexity index is 95.8. The van der Waals surface area contributed by atoms with Crippen molar-refractivity contribution in [1.82, 2.24) is 0 Å². The standard InChI is InChI=1S/C5H7O3/c1-2-8-4-3-5(6)7/h3-4H,2H2,1H3. The molecular weight excluding hydrogens is 108 g/mol. The van der Waals surface area contributed by atoms with E-state index in [1.54, 1.807) is 6.92 Å². The van der Waals surface area contributed by atoms with Crippen molar-refractivity contribution < 1.29 is 14.6 Å². The van der Waals surface area contributed by atoms with Crippen LogP contribution >= 0.6 is 0 Å². The first-order chi connectivity index (χ1) is 3.77. The van der Waals surface area contributed by atoms with Crippen LogP contribution in [0.4, 0.5) is 0 Å². The summed E-state index contributed by atoms with van der Waals surface area (Å²) in [6.45, 7) is 2.24. The summed E-state index contributed by atoms with van der Waals surface area (Å²) in [5.41, 5.74) is 0. The van der Waals surface area contributed by atoms with Crippen LogP contribution in [-0.2, 0) is 14.6 Å². The first-order valence-corrected chi connectivity index (χ1v) is 2.26. The Morgan fingerprint density at radius 2 is 2.38 bits per heavy atom. The van der Waals surface area contributed by atoms with Crippen LogP contribution < -0.4 is 0 Å². The highest BCUT2D eigenvalue weighted by molar-refractivity contribution is 5.78. The van der Waals surface area contributed by atoms with Gasteiger partial charge in [-0.15, -0.1) is 0 Å². The van der Waals surface area contributed by atoms with E-state index >= 15 is 0 Å². The number of ether oxygens (including phenoxy) is 1. The van der Waals surface area contributed by atoms with E-state index in [0.29, 0.717) is 6.61 Å². The van der Waals surface area contributed by atoms with Crippen molar-refractivity contribution in [1.29, 1.82) is 0 Å². The summed E-state index contributed by atoms with van der Waals surface area (Å²) in [6, 6.07) is 0. The summed E-state index contributed by atoms with van der Waals surface area (Å²) < 4.78 is 4.54. The van der Waals surface area contributed by atoms with Crippen LogP contribution in [0.15, 0.2) is 12.3 Å². The molecule has 0 aliphatic rings. The molecule has 45 valence electrons. The van der Waals surface area contributed by atoms with E-state index in [0.717, 1.165) is 12.3 Å². The molecule has 0 aliphatic carbocycles. The average Bonchev–Trinajstić information content (AvgIpc) is 1.66. The Morgan fingerprint density at radius 3 is 2.75 bits per heavy atom. The third kappa shape index (κ3) is 5.01. The van der Waals surface area contributed by atoms with Gasteiger partial charge >= 0.3 is 5.97 Å². The van der Waals surface area contributed by atoms with Gasteiger partial charge in [0.25, 0.3) is 0 Å². The second-order valence-corrected chi connectivity index (χ2v) is 1.08. The summed E-state index contributed by atoms with van der Waals surface area (Å²) in [6.07, 6.45) is 1.93. The van der Waals surface area contributed by atoms with Gasteiger partial charge in [0.1, 0.15) is 0 Å². The predicted octanol–water partition coefficient (Wildman–Crippen LogP) is 0.494. The molecule has 0 aromatic carbocycles. The highest BCUT2D eigenvalue weighted by atomic mass is 16.5. The summed E-state index contributed by atoms with van der Waals surface area (Å²) in [5.74, 6) is -1.24. The third-order valence-corrected chi connectivity index (χ3v) is 0.467. The molecule has 3 nitrogen and oxygen atoms in total. The zero-order valence-electron chi connectivity index (χ0n) is 4.59. The summed E-state index contributed by atoms with van der Waals surface area (Å²) in [4.78, 5) is 9.60. The van der Waals surface area contributed by atoms with Crippen molar-refractivity contribution in [3.05, 3.63) is 12.3 Å². The number of hydrogen-bond acceptors (Lipinski definition) is 2. The molecule has 0 aliphatic heterocycles. The SMILES string of the molecule is CCOC=CC([O])=O. The molecule has 0 spiro atoms. The second-order valence-electron chi connectivity index (χ2n) is 1.08. The van der Waals surface area contributed by atoms with Gasteiger partial charge in [-0.3, -0.25) is 0 Å². The molecule has 0 fully saturated rings. The van der Waals surface area contributed by atoms with Gasteiger partial charge in [0.2, 0.25) is 0 Å². The second kappa shape index (κ2) is 4.18. The van der Waals surface area contributed by atoms with Crippen molar-refractivity contribution in [2.45, 2.75) is 6.92 Å². The predicted molar refractivity (Wildman–Crippen MR) is 26.5 cm³/mol. The fraction of sp³-hybridized carbons (Fsp3) is 0.400. The van der Waals surface area contributed by atoms with E-state index in [1.807, 2.05) is 0 Å². The highest BCUT2D eigenvalue weighted by Crippen LogP contribution is 1.75. The Balaban J connectivity index is 3.20. The molecule has 0 rings (SSSR count). The lowest BCUT2D eigenvalue weighted by Gasteiger charge is -1.87. The normalized spacial score (nSPS) is 9.62. The molecule has 8 heavy (non-hydrogen) atoms. The van der Waals surface area contributed by atoms with Crippen LogP contribution in [-0.4, -0.2) is 12.6 Å². The van der Waals surface area contributed by atoms with E-state index in [4.69, 9.17) is 0 Å². The van der Waals surface area contributed by atoms with Crippen LogP contribution in [0.3, 0.4) is 0 Å². The molecule has 0 saturated carbocycles. The molecule has 0 aromatic rings. The molecule has 0 amide bonds. The molecule has 0 atom stereocenters. The van der Waals surface area contributed by atoms with Crippen molar-refractivity contribution in [3.63, 3.8) is 0 Å². The highest BCUT2D eigenvalue weighted by Gasteiger charge is 1.85. The molecule has 0 saturated heterocycles. The number of hydrogen-bond donors (Lipinski definition) is 0. The monoisotopic (exact) mass is 115 g/mol. The van der Waals surface area contributed by atoms with Gasteiger partial charge in [-0.05, 0) is 6.92 Å². The van der Waals surface area contributed by atoms with Crippen LogP contribution in [0.25, 0.3) is 0 Å². The topological polar surface area (TPSA) is 46.2 Å². The van der Waals surface area contributed by atoms with E-state index < -0.39 is 5.97 Å². The smallest absolute Gasteiger partial charge is 0.382 e. The van der Waals surface area contributed by atoms with Crippen molar-refractivity contribution in [2.75, 3.05) is 6.61 Å². The Labute approximate surface area is 47.6 Å². The van der Waals surface area contributed by atoms with Gasteiger partial charge < -0.3 is 4.74 Å². The lowest BCUT2D eigenvalue weighted by molar-refractivity contribution is -0.137. The lowest BCUT2D eigenvalue weighted by Crippen LogP contribution is -1.85. The Kier molecular flexibility index (Phi) is 3.66. The van der Waals surface area contributed by atoms with Gasteiger partial charge in [-0.2, -0.15) is 0 Å². The molecule has 1 radical (unpaired) electrons. The fourth-order valence-corrected chi connectivity index (χ4v) is 0.200. The minimum atomic E-state index is -1.24. The maximum absolute atomic E-state index is 9.60. The zero-order valence-corrected chi connectivity index (χ0v) is 4.59. The van der Waals surface area contributed by atoms with Crippen molar-refractivity contribution in [2.24, 2.45) is 0 Å². The zero-order chi connectivity index (χ0) is 6.41. The summed E-state index contributed by atoms with van der Waals surface area (Å²) in [7, 11) is 0. The molecule has 0 bridgehead atoms. The Morgan fingerprint density at radius 1 is 1.75 bits per heavy atom. The molecule has 0 unspecified atom stereocenters. The van der Waals surface area contributed by atoms with E-state index in [9.17, 15) is 9.90 Å². The first kappa shape index (κ1) is 7.01. The quantitative estimate of drug-likeness (QED) is 0.397. The maximum Gasteiger partial charge on any atom is 0.382 e. The number of rotatable bonds is 3. The molecule has 0 heterocycles. The average molecular weight is 115 g/mol. The number of carbonyl (C=O) groups is 1. The van der Waals surface area contributed by atoms with Gasteiger partial charge in [0, 0.05) is 0 Å². The van der Waals surface area contributed by atoms with E-state index in [2.05, 4.69) is 4.74 Å². The summed E-state index contributed by atoms with van der Waals surface area (Å²) in [5, 5.41) is 9.60. The van der Waals surface area contributed by atoms with Gasteiger partial charge in [0.15, 0.2) is 0 Å². The molecule has 0 N–H and O–H groups in total. The van der Waals surface area contributed by atoms with Crippen LogP contribution in [0.2, 0.25) is 0 Å². The Hall–Kier alpha value is -0.990. The van der Waals surface area contributed by atoms with Crippen molar-refractivity contribution >= 4 is 5.97 Å². The largest absolute Gasteiger partial charge is 0.501 e. The molecule has 3 heteroatoms. The summed E-state index contributed by atoms with van der Waals surface area (Å²) >= 11 is 0. The molecule has 0 aromatic heterocycles. The third-order valence-electron chi connectivity index (χ3n) is 0.467. The van der Waals surface area contributed by atoms with Crippen LogP contribution in [0.5, 0.6) is 0 Å². The minimum Gasteiger partial charge on any atom is -0.501 e. The van der Waals surface area contributed by atoms with Crippen molar-refractivity contribution in [3.8, 4) is 0 Å². The van der Waals surface area contributed by atoms with Crippen LogP contribution in [0.1, 0.15) is 6.92 Å². The van der Waals surface area contributed by atoms with Gasteiger partial charge in [0.05, 0.1) is 18.9 Å². The fourth-order valence-electron chi connectivity index (χ4n) is 0.200. The number of carbonyl (C=O) groups excluding carboxylic acids is 1. The van der Waals surface area contributed by atoms with E-state index in [1.165, 1.54) is 0 Å². The molecular formula is C5H7O3. The minimum absolute atomic E-state index is 0.476. The first-order valence-electron chi connectivity index (χ1n) is 2.26. The van der Waals surface area contributed by atoms with Gasteiger partial charge in [-0.1, -0.05) is 0 Å². The maximum atomic E-state index is 9.60.